The highest BCUT2D eigenvalue weighted by molar-refractivity contribution is 6.31. The number of benzene rings is 2. The third kappa shape index (κ3) is 4.24. The first-order valence-corrected chi connectivity index (χ1v) is 9.71. The Morgan fingerprint density at radius 2 is 1.90 bits per heavy atom. The molecule has 0 aliphatic rings. The number of amides is 1. The number of nitrogens with two attached hydrogens (primary N) is 1. The van der Waals surface area contributed by atoms with Gasteiger partial charge in [-0.3, -0.25) is 9.89 Å². The monoisotopic (exact) mass is 441 g/mol. The van der Waals surface area contributed by atoms with Crippen molar-refractivity contribution < 1.29 is 4.79 Å². The van der Waals surface area contributed by atoms with Crippen molar-refractivity contribution in [1.29, 1.82) is 0 Å². The Balaban J connectivity index is 1.53. The van der Waals surface area contributed by atoms with E-state index in [4.69, 9.17) is 28.9 Å². The fourth-order valence-electron chi connectivity index (χ4n) is 2.91. The normalized spacial score (nSPS) is 10.7. The van der Waals surface area contributed by atoms with Gasteiger partial charge >= 0.3 is 0 Å². The summed E-state index contributed by atoms with van der Waals surface area (Å²) in [5.74, 6) is 0.645. The summed E-state index contributed by atoms with van der Waals surface area (Å²) in [4.78, 5) is 19.6. The number of halogens is 2. The lowest BCUT2D eigenvalue weighted by Crippen LogP contribution is -2.15. The lowest BCUT2D eigenvalue weighted by atomic mass is 10.2. The predicted molar refractivity (Wildman–Crippen MR) is 118 cm³/mol. The Kier molecular flexibility index (Phi) is 5.60. The summed E-state index contributed by atoms with van der Waals surface area (Å²) in [7, 11) is 0. The molecule has 1 amide bonds. The van der Waals surface area contributed by atoms with Gasteiger partial charge in [0.05, 0.1) is 12.2 Å². The maximum absolute atomic E-state index is 12.0. The average molecular weight is 442 g/mol. The molecule has 152 valence electrons. The van der Waals surface area contributed by atoms with Gasteiger partial charge in [-0.05, 0) is 18.2 Å². The van der Waals surface area contributed by atoms with Crippen LogP contribution in [0.25, 0.3) is 11.4 Å². The zero-order valence-electron chi connectivity index (χ0n) is 15.5. The molecule has 0 aliphatic heterocycles. The van der Waals surface area contributed by atoms with Crippen molar-refractivity contribution in [2.45, 2.75) is 6.54 Å². The zero-order chi connectivity index (χ0) is 21.1. The van der Waals surface area contributed by atoms with Crippen LogP contribution in [-0.4, -0.2) is 26.1 Å². The van der Waals surface area contributed by atoms with E-state index in [1.54, 1.807) is 24.3 Å². The molecule has 0 saturated carbocycles. The van der Waals surface area contributed by atoms with E-state index in [0.717, 1.165) is 5.56 Å². The van der Waals surface area contributed by atoms with Gasteiger partial charge in [0, 0.05) is 16.3 Å². The van der Waals surface area contributed by atoms with E-state index in [9.17, 15) is 4.79 Å². The average Bonchev–Trinajstić information content (AvgIpc) is 3.30. The van der Waals surface area contributed by atoms with Gasteiger partial charge in [0.2, 0.25) is 0 Å². The number of carbonyl (C=O) groups is 1. The molecule has 4 aromatic rings. The number of nitrogens with one attached hydrogen (secondary N) is 4. The van der Waals surface area contributed by atoms with Gasteiger partial charge in [-0.2, -0.15) is 5.10 Å². The molecule has 10 heteroatoms. The molecule has 0 atom stereocenters. The van der Waals surface area contributed by atoms with E-state index in [2.05, 4.69) is 30.8 Å². The number of nitrogens with zero attached hydrogens (tertiary/aromatic N) is 2. The van der Waals surface area contributed by atoms with Gasteiger partial charge in [-0.15, -0.1) is 0 Å². The van der Waals surface area contributed by atoms with E-state index in [-0.39, 0.29) is 17.9 Å². The molecule has 4 rings (SSSR count). The van der Waals surface area contributed by atoms with Crippen molar-refractivity contribution in [1.82, 2.24) is 20.2 Å². The molecule has 30 heavy (non-hydrogen) atoms. The number of carbonyl (C=O) groups excluding carboxylic acids is 1. The van der Waals surface area contributed by atoms with Crippen LogP contribution in [0.3, 0.4) is 0 Å². The molecule has 0 bridgehead atoms. The highest BCUT2D eigenvalue weighted by atomic mass is 35.5. The summed E-state index contributed by atoms with van der Waals surface area (Å²) < 4.78 is 0. The molecule has 0 saturated heterocycles. The van der Waals surface area contributed by atoms with E-state index in [0.29, 0.717) is 33.2 Å². The van der Waals surface area contributed by atoms with Gasteiger partial charge in [0.1, 0.15) is 22.4 Å². The largest absolute Gasteiger partial charge is 0.365 e. The lowest BCUT2D eigenvalue weighted by molar-refractivity contribution is 0.100. The second-order valence-corrected chi connectivity index (χ2v) is 7.20. The van der Waals surface area contributed by atoms with Crippen LogP contribution in [-0.2, 0) is 6.54 Å². The highest BCUT2D eigenvalue weighted by Gasteiger charge is 2.19. The molecule has 2 aromatic carbocycles. The highest BCUT2D eigenvalue weighted by Crippen LogP contribution is 2.27. The summed E-state index contributed by atoms with van der Waals surface area (Å²) in [6.07, 6.45) is 0. The maximum atomic E-state index is 12.0. The Bertz CT molecular complexity index is 1190. The molecule has 0 aliphatic carbocycles. The molecule has 0 spiro atoms. The molecule has 0 radical (unpaired) electrons. The molecule has 6 N–H and O–H groups in total. The van der Waals surface area contributed by atoms with Crippen LogP contribution in [0, 0.1) is 0 Å². The van der Waals surface area contributed by atoms with Gasteiger partial charge in [0.25, 0.3) is 5.91 Å². The number of hydrogen-bond acceptors (Lipinski definition) is 5. The van der Waals surface area contributed by atoms with E-state index < -0.39 is 5.91 Å². The van der Waals surface area contributed by atoms with Crippen molar-refractivity contribution in [3.8, 4) is 11.4 Å². The topological polar surface area (TPSA) is 125 Å². The molecular formula is C20H17Cl2N7O. The van der Waals surface area contributed by atoms with Crippen LogP contribution in [0.4, 0.5) is 17.3 Å². The first-order valence-electron chi connectivity index (χ1n) is 8.95. The van der Waals surface area contributed by atoms with E-state index >= 15 is 0 Å². The number of aromatic nitrogens is 4. The first kappa shape index (κ1) is 19.8. The fraction of sp³-hybridized carbons (Fsp3) is 0.0500. The third-order valence-corrected chi connectivity index (χ3v) is 4.86. The molecule has 0 unspecified atom stereocenters. The summed E-state index contributed by atoms with van der Waals surface area (Å²) >= 11 is 12.3. The number of primary amides is 1. The van der Waals surface area contributed by atoms with Gasteiger partial charge in [-0.25, -0.2) is 4.98 Å². The number of H-pyrrole nitrogens is 2. The van der Waals surface area contributed by atoms with Crippen LogP contribution in [0.15, 0.2) is 54.6 Å². The van der Waals surface area contributed by atoms with Crippen molar-refractivity contribution in [2.24, 2.45) is 5.73 Å². The number of aromatic amines is 2. The van der Waals surface area contributed by atoms with Crippen LogP contribution >= 0.6 is 23.2 Å². The molecular weight excluding hydrogens is 425 g/mol. The number of rotatable bonds is 7. The lowest BCUT2D eigenvalue weighted by Gasteiger charge is -2.07. The summed E-state index contributed by atoms with van der Waals surface area (Å²) in [6.45, 7) is 0.251. The quantitative estimate of drug-likeness (QED) is 0.287. The fourth-order valence-corrected chi connectivity index (χ4v) is 3.30. The van der Waals surface area contributed by atoms with Crippen molar-refractivity contribution in [2.75, 3.05) is 10.6 Å². The maximum Gasteiger partial charge on any atom is 0.256 e. The van der Waals surface area contributed by atoms with E-state index in [1.165, 1.54) is 0 Å². The van der Waals surface area contributed by atoms with Gasteiger partial charge < -0.3 is 21.4 Å². The standard InChI is InChI=1S/C20H17Cl2N7O/c21-12-7-4-8-13(9-12)25-20-15(17(23)30)19(28-29-20)24-10-14-16(22)27-18(26-14)11-5-2-1-3-6-11/h1-9H,10H2,(H2,23,30)(H,26,27)(H3,24,25,28,29). The van der Waals surface area contributed by atoms with Crippen molar-refractivity contribution >= 4 is 46.4 Å². The smallest absolute Gasteiger partial charge is 0.256 e. The Morgan fingerprint density at radius 3 is 2.63 bits per heavy atom. The van der Waals surface area contributed by atoms with Crippen LogP contribution in [0.5, 0.6) is 0 Å². The SMILES string of the molecule is NC(=O)c1c(Nc2cccc(Cl)c2)n[nH]c1NCc1nc(-c2ccccc2)[nH]c1Cl. The summed E-state index contributed by atoms with van der Waals surface area (Å²) in [6, 6.07) is 16.7. The molecule has 2 aromatic heterocycles. The number of hydrogen-bond donors (Lipinski definition) is 5. The predicted octanol–water partition coefficient (Wildman–Crippen LogP) is 4.56. The second kappa shape index (κ2) is 8.48. The number of imidazole rings is 1. The molecule has 0 fully saturated rings. The Hall–Kier alpha value is -3.49. The summed E-state index contributed by atoms with van der Waals surface area (Å²) in [5, 5.41) is 14.0. The first-order chi connectivity index (χ1) is 14.5. The third-order valence-electron chi connectivity index (χ3n) is 4.31. The second-order valence-electron chi connectivity index (χ2n) is 6.39. The van der Waals surface area contributed by atoms with Gasteiger partial charge in [-0.1, -0.05) is 59.6 Å². The zero-order valence-corrected chi connectivity index (χ0v) is 17.1. The Labute approximate surface area is 181 Å². The minimum atomic E-state index is -0.645. The van der Waals surface area contributed by atoms with Crippen LogP contribution in [0.2, 0.25) is 10.2 Å². The molecule has 2 heterocycles. The Morgan fingerprint density at radius 1 is 1.10 bits per heavy atom. The van der Waals surface area contributed by atoms with E-state index in [1.807, 2.05) is 30.3 Å². The number of anilines is 3. The summed E-state index contributed by atoms with van der Waals surface area (Å²) in [5.41, 5.74) is 7.93. The molecule has 8 nitrogen and oxygen atoms in total. The van der Waals surface area contributed by atoms with Crippen molar-refractivity contribution in [3.05, 3.63) is 76.0 Å². The minimum absolute atomic E-state index is 0.185. The van der Waals surface area contributed by atoms with Gasteiger partial charge in [0.15, 0.2) is 5.82 Å². The van der Waals surface area contributed by atoms with Crippen molar-refractivity contribution in [3.63, 3.8) is 0 Å². The van der Waals surface area contributed by atoms with Crippen LogP contribution in [0.1, 0.15) is 16.1 Å². The van der Waals surface area contributed by atoms with Crippen LogP contribution < -0.4 is 16.4 Å². The minimum Gasteiger partial charge on any atom is -0.365 e.